The van der Waals surface area contributed by atoms with Gasteiger partial charge < -0.3 is 20.1 Å². The number of amides is 1. The Hall–Kier alpha value is -4.11. The van der Waals surface area contributed by atoms with Crippen LogP contribution in [0.4, 0.5) is 14.5 Å². The van der Waals surface area contributed by atoms with Crippen molar-refractivity contribution in [2.75, 3.05) is 11.9 Å². The lowest BCUT2D eigenvalue weighted by Gasteiger charge is -2.28. The molecular weight excluding hydrogens is 480 g/mol. The third-order valence-electron chi connectivity index (χ3n) is 6.08. The van der Waals surface area contributed by atoms with Crippen molar-refractivity contribution in [1.82, 2.24) is 19.8 Å². The molecule has 4 aromatic rings. The van der Waals surface area contributed by atoms with Crippen molar-refractivity contribution in [3.8, 4) is 5.69 Å². The molecule has 0 radical (unpaired) electrons. The molecule has 1 aliphatic rings. The molecule has 0 spiro atoms. The number of aromatic nitrogens is 2. The number of halogens is 2. The fraction of sp³-hybridized carbons (Fsp3) is 0.148. The normalized spacial score (nSPS) is 17.2. The first-order valence-electron chi connectivity index (χ1n) is 11.5. The van der Waals surface area contributed by atoms with Crippen molar-refractivity contribution in [2.24, 2.45) is 0 Å². The molecule has 5 rings (SSSR count). The molecule has 2 aromatic heterocycles. The Balaban J connectivity index is 1.44. The molecule has 6 nitrogen and oxygen atoms in total. The van der Waals surface area contributed by atoms with Gasteiger partial charge in [-0.05, 0) is 78.9 Å². The first kappa shape index (κ1) is 23.6. The number of rotatable bonds is 7. The summed E-state index contributed by atoms with van der Waals surface area (Å²) in [5.41, 5.74) is 2.88. The highest BCUT2D eigenvalue weighted by molar-refractivity contribution is 7.80. The quantitative estimate of drug-likeness (QED) is 0.342. The highest BCUT2D eigenvalue weighted by Gasteiger charge is 2.41. The number of carbonyl (C=O) groups excluding carboxylic acids is 1. The second kappa shape index (κ2) is 10.2. The molecule has 0 bridgehead atoms. The Kier molecular flexibility index (Phi) is 6.73. The monoisotopic (exact) mass is 503 g/mol. The van der Waals surface area contributed by atoms with E-state index >= 15 is 0 Å². The summed E-state index contributed by atoms with van der Waals surface area (Å²) < 4.78 is 29.1. The number of pyridine rings is 1. The highest BCUT2D eigenvalue weighted by atomic mass is 32.1. The summed E-state index contributed by atoms with van der Waals surface area (Å²) in [5.74, 6) is -0.918. The van der Waals surface area contributed by atoms with Crippen LogP contribution in [-0.4, -0.2) is 32.0 Å². The molecule has 2 aromatic carbocycles. The zero-order valence-corrected chi connectivity index (χ0v) is 20.0. The van der Waals surface area contributed by atoms with Gasteiger partial charge in [0, 0.05) is 42.4 Å². The van der Waals surface area contributed by atoms with E-state index in [-0.39, 0.29) is 36.0 Å². The molecule has 1 aliphatic heterocycles. The van der Waals surface area contributed by atoms with Crippen LogP contribution in [0.3, 0.4) is 0 Å². The van der Waals surface area contributed by atoms with E-state index in [2.05, 4.69) is 15.6 Å². The van der Waals surface area contributed by atoms with Crippen molar-refractivity contribution in [1.29, 1.82) is 0 Å². The average molecular weight is 504 g/mol. The van der Waals surface area contributed by atoms with E-state index in [9.17, 15) is 13.6 Å². The van der Waals surface area contributed by atoms with Gasteiger partial charge in [0.15, 0.2) is 5.11 Å². The minimum absolute atomic E-state index is 0.158. The first-order chi connectivity index (χ1) is 17.5. The zero-order valence-electron chi connectivity index (χ0n) is 19.1. The maximum atomic E-state index is 14.0. The van der Waals surface area contributed by atoms with Gasteiger partial charge in [-0.25, -0.2) is 8.78 Å². The smallest absolute Gasteiger partial charge is 0.226 e. The van der Waals surface area contributed by atoms with Crippen LogP contribution >= 0.6 is 12.2 Å². The number of nitrogens with zero attached hydrogens (tertiary/aromatic N) is 3. The number of anilines is 1. The van der Waals surface area contributed by atoms with Crippen LogP contribution in [0.5, 0.6) is 0 Å². The number of benzene rings is 2. The van der Waals surface area contributed by atoms with Crippen LogP contribution < -0.4 is 10.6 Å². The first-order valence-corrected chi connectivity index (χ1v) is 11.9. The Labute approximate surface area is 212 Å². The lowest BCUT2D eigenvalue weighted by Crippen LogP contribution is -2.33. The summed E-state index contributed by atoms with van der Waals surface area (Å²) in [6, 6.07) is 21.0. The second-order valence-corrected chi connectivity index (χ2v) is 8.79. The van der Waals surface area contributed by atoms with Crippen molar-refractivity contribution in [3.63, 3.8) is 0 Å². The lowest BCUT2D eigenvalue weighted by atomic mass is 10.0. The minimum atomic E-state index is -0.369. The van der Waals surface area contributed by atoms with Gasteiger partial charge in [0.2, 0.25) is 5.91 Å². The summed E-state index contributed by atoms with van der Waals surface area (Å²) in [6.45, 7) is 0.335. The zero-order chi connectivity index (χ0) is 25.1. The van der Waals surface area contributed by atoms with E-state index in [1.165, 1.54) is 36.4 Å². The van der Waals surface area contributed by atoms with Crippen molar-refractivity contribution in [3.05, 3.63) is 114 Å². The number of thiocarbonyl (C=S) groups is 1. The van der Waals surface area contributed by atoms with Crippen LogP contribution in [0, 0.1) is 11.6 Å². The van der Waals surface area contributed by atoms with Gasteiger partial charge in [-0.15, -0.1) is 0 Å². The average Bonchev–Trinajstić information content (AvgIpc) is 3.49. The maximum Gasteiger partial charge on any atom is 0.226 e. The standard InChI is InChI=1S/C27H23F2N5OS/c28-18-9-11-20(12-10-18)31-24(35)13-16-34-26(25(32-27(34)36)22-7-1-2-14-30-22)23-8-4-15-33(23)21-6-3-5-19(29)17-21/h1-12,14-15,17,25-26H,13,16H2,(H,31,35)(H,32,36)/t25-,26+/m1/s1. The van der Waals surface area contributed by atoms with Crippen LogP contribution in [0.25, 0.3) is 5.69 Å². The van der Waals surface area contributed by atoms with Gasteiger partial charge in [0.25, 0.3) is 0 Å². The molecule has 2 atom stereocenters. The summed E-state index contributed by atoms with van der Waals surface area (Å²) in [4.78, 5) is 19.2. The third-order valence-corrected chi connectivity index (χ3v) is 6.43. The molecule has 1 amide bonds. The van der Waals surface area contributed by atoms with Crippen LogP contribution in [0.2, 0.25) is 0 Å². The van der Waals surface area contributed by atoms with Crippen molar-refractivity contribution < 1.29 is 13.6 Å². The number of hydrogen-bond acceptors (Lipinski definition) is 3. The van der Waals surface area contributed by atoms with Crippen LogP contribution in [-0.2, 0) is 4.79 Å². The predicted octanol–water partition coefficient (Wildman–Crippen LogP) is 5.15. The predicted molar refractivity (Wildman–Crippen MR) is 138 cm³/mol. The molecule has 1 fully saturated rings. The molecular formula is C27H23F2N5OS. The van der Waals surface area contributed by atoms with E-state index in [0.29, 0.717) is 23.0 Å². The van der Waals surface area contributed by atoms with Crippen LogP contribution in [0.15, 0.2) is 91.3 Å². The molecule has 36 heavy (non-hydrogen) atoms. The van der Waals surface area contributed by atoms with E-state index in [1.807, 2.05) is 52.1 Å². The number of nitrogens with one attached hydrogen (secondary N) is 2. The van der Waals surface area contributed by atoms with E-state index in [1.54, 1.807) is 12.3 Å². The molecule has 9 heteroatoms. The van der Waals surface area contributed by atoms with E-state index in [4.69, 9.17) is 12.2 Å². The van der Waals surface area contributed by atoms with Gasteiger partial charge >= 0.3 is 0 Å². The molecule has 182 valence electrons. The molecule has 0 saturated carbocycles. The maximum absolute atomic E-state index is 14.0. The van der Waals surface area contributed by atoms with Crippen molar-refractivity contribution >= 4 is 28.9 Å². The molecule has 1 saturated heterocycles. The molecule has 0 unspecified atom stereocenters. The summed E-state index contributed by atoms with van der Waals surface area (Å²) in [7, 11) is 0. The molecule has 2 N–H and O–H groups in total. The lowest BCUT2D eigenvalue weighted by molar-refractivity contribution is -0.116. The summed E-state index contributed by atoms with van der Waals surface area (Å²) >= 11 is 5.69. The summed E-state index contributed by atoms with van der Waals surface area (Å²) in [5, 5.41) is 6.65. The Morgan fingerprint density at radius 3 is 2.58 bits per heavy atom. The van der Waals surface area contributed by atoms with Gasteiger partial charge in [-0.2, -0.15) is 0 Å². The van der Waals surface area contributed by atoms with Crippen LogP contribution in [0.1, 0.15) is 29.9 Å². The fourth-order valence-electron chi connectivity index (χ4n) is 4.44. The van der Waals surface area contributed by atoms with Gasteiger partial charge in [-0.1, -0.05) is 12.1 Å². The van der Waals surface area contributed by atoms with E-state index < -0.39 is 0 Å². The Morgan fingerprint density at radius 2 is 1.83 bits per heavy atom. The van der Waals surface area contributed by atoms with E-state index in [0.717, 1.165) is 11.4 Å². The number of carbonyl (C=O) groups is 1. The van der Waals surface area contributed by atoms with Gasteiger partial charge in [0.05, 0.1) is 17.8 Å². The van der Waals surface area contributed by atoms with Crippen molar-refractivity contribution in [2.45, 2.75) is 18.5 Å². The summed E-state index contributed by atoms with van der Waals surface area (Å²) in [6.07, 6.45) is 3.76. The number of hydrogen-bond donors (Lipinski definition) is 2. The SMILES string of the molecule is O=C(CCN1C(=S)N[C@H](c2ccccn2)[C@@H]1c1cccn1-c1cccc(F)c1)Nc1ccc(F)cc1. The molecule has 0 aliphatic carbocycles. The van der Waals surface area contributed by atoms with Gasteiger partial charge in [0.1, 0.15) is 11.6 Å². The highest BCUT2D eigenvalue weighted by Crippen LogP contribution is 2.39. The minimum Gasteiger partial charge on any atom is -0.352 e. The third kappa shape index (κ3) is 4.96. The Morgan fingerprint density at radius 1 is 1.00 bits per heavy atom. The Bertz CT molecular complexity index is 1380. The second-order valence-electron chi connectivity index (χ2n) is 8.41. The topological polar surface area (TPSA) is 62.2 Å². The molecule has 3 heterocycles. The largest absolute Gasteiger partial charge is 0.352 e. The fourth-order valence-corrected chi connectivity index (χ4v) is 4.77. The van der Waals surface area contributed by atoms with Gasteiger partial charge in [-0.3, -0.25) is 9.78 Å².